The lowest BCUT2D eigenvalue weighted by Gasteiger charge is -2.14. The molecule has 0 saturated carbocycles. The van der Waals surface area contributed by atoms with Crippen LogP contribution in [0.5, 0.6) is 0 Å². The van der Waals surface area contributed by atoms with E-state index in [1.54, 1.807) is 23.7 Å². The summed E-state index contributed by atoms with van der Waals surface area (Å²) in [6.45, 7) is 4.01. The molecule has 0 aliphatic rings. The average Bonchev–Trinajstić information content (AvgIpc) is 2.78. The van der Waals surface area contributed by atoms with Crippen molar-refractivity contribution in [3.8, 4) is 0 Å². The van der Waals surface area contributed by atoms with Crippen molar-refractivity contribution in [2.75, 3.05) is 11.1 Å². The molecule has 0 aromatic carbocycles. The Morgan fingerprint density at radius 2 is 2.19 bits per heavy atom. The Bertz CT molecular complexity index is 467. The van der Waals surface area contributed by atoms with Gasteiger partial charge < -0.3 is 11.1 Å². The number of aromatic nitrogens is 2. The van der Waals surface area contributed by atoms with Gasteiger partial charge in [0, 0.05) is 17.8 Å². The lowest BCUT2D eigenvalue weighted by Crippen LogP contribution is -2.10. The van der Waals surface area contributed by atoms with E-state index in [0.29, 0.717) is 5.69 Å². The Morgan fingerprint density at radius 1 is 1.38 bits per heavy atom. The van der Waals surface area contributed by atoms with Crippen LogP contribution in [0.2, 0.25) is 0 Å². The summed E-state index contributed by atoms with van der Waals surface area (Å²) in [6.07, 6.45) is 3.55. The van der Waals surface area contributed by atoms with Crippen molar-refractivity contribution in [3.05, 3.63) is 34.4 Å². The summed E-state index contributed by atoms with van der Waals surface area (Å²) in [4.78, 5) is 8.48. The van der Waals surface area contributed by atoms with E-state index in [1.807, 2.05) is 25.3 Å². The molecular weight excluding hydrogens is 220 g/mol. The topological polar surface area (TPSA) is 63.8 Å². The number of rotatable bonds is 3. The molecule has 0 bridgehead atoms. The van der Waals surface area contributed by atoms with Crippen molar-refractivity contribution in [3.63, 3.8) is 0 Å². The molecular formula is C11H14N4S. The maximum Gasteiger partial charge on any atom is 0.149 e. The molecule has 0 radical (unpaired) electrons. The zero-order valence-electron chi connectivity index (χ0n) is 9.27. The Kier molecular flexibility index (Phi) is 3.05. The molecule has 84 valence electrons. The number of nitrogen functional groups attached to an aromatic ring is 1. The lowest BCUT2D eigenvalue weighted by molar-refractivity contribution is 0.861. The summed E-state index contributed by atoms with van der Waals surface area (Å²) in [5, 5.41) is 6.25. The van der Waals surface area contributed by atoms with Gasteiger partial charge in [0.25, 0.3) is 0 Å². The van der Waals surface area contributed by atoms with Crippen LogP contribution in [0, 0.1) is 6.92 Å². The molecule has 2 rings (SSSR count). The highest BCUT2D eigenvalue weighted by atomic mass is 32.1. The summed E-state index contributed by atoms with van der Waals surface area (Å²) in [5.41, 5.74) is 7.67. The largest absolute Gasteiger partial charge is 0.396 e. The first kappa shape index (κ1) is 10.9. The molecule has 0 aliphatic heterocycles. The van der Waals surface area contributed by atoms with Gasteiger partial charge in [-0.2, -0.15) is 0 Å². The van der Waals surface area contributed by atoms with Crippen molar-refractivity contribution in [2.45, 2.75) is 19.9 Å². The van der Waals surface area contributed by atoms with Gasteiger partial charge in [-0.3, -0.25) is 0 Å². The molecule has 4 nitrogen and oxygen atoms in total. The summed E-state index contributed by atoms with van der Waals surface area (Å²) in [7, 11) is 0. The van der Waals surface area contributed by atoms with Crippen LogP contribution >= 0.6 is 11.3 Å². The van der Waals surface area contributed by atoms with E-state index >= 15 is 0 Å². The highest BCUT2D eigenvalue weighted by Gasteiger charge is 2.10. The van der Waals surface area contributed by atoms with E-state index in [-0.39, 0.29) is 6.04 Å². The van der Waals surface area contributed by atoms with Gasteiger partial charge in [-0.1, -0.05) is 0 Å². The third-order valence-corrected chi connectivity index (χ3v) is 3.34. The van der Waals surface area contributed by atoms with Crippen molar-refractivity contribution in [1.29, 1.82) is 0 Å². The quantitative estimate of drug-likeness (QED) is 0.856. The Balaban J connectivity index is 2.18. The minimum Gasteiger partial charge on any atom is -0.396 e. The molecule has 0 amide bonds. The molecule has 1 atom stereocenters. The number of nitrogens with one attached hydrogen (secondary N) is 1. The van der Waals surface area contributed by atoms with Crippen LogP contribution in [0.4, 0.5) is 11.5 Å². The van der Waals surface area contributed by atoms with Crippen LogP contribution in [0.15, 0.2) is 23.8 Å². The van der Waals surface area contributed by atoms with E-state index in [9.17, 15) is 0 Å². The second kappa shape index (κ2) is 4.49. The summed E-state index contributed by atoms with van der Waals surface area (Å²) >= 11 is 1.62. The molecule has 5 heteroatoms. The molecule has 16 heavy (non-hydrogen) atoms. The maximum absolute atomic E-state index is 5.94. The number of hydrogen-bond acceptors (Lipinski definition) is 5. The molecule has 2 aromatic heterocycles. The fourth-order valence-corrected chi connectivity index (χ4v) is 2.05. The third-order valence-electron chi connectivity index (χ3n) is 2.38. The van der Waals surface area contributed by atoms with Crippen LogP contribution in [-0.4, -0.2) is 9.97 Å². The smallest absolute Gasteiger partial charge is 0.149 e. The monoisotopic (exact) mass is 234 g/mol. The van der Waals surface area contributed by atoms with Crippen LogP contribution < -0.4 is 11.1 Å². The zero-order chi connectivity index (χ0) is 11.5. The number of aryl methyl sites for hydroxylation is 1. The normalized spacial score (nSPS) is 12.4. The van der Waals surface area contributed by atoms with Crippen LogP contribution in [-0.2, 0) is 0 Å². The summed E-state index contributed by atoms with van der Waals surface area (Å²) in [6, 6.07) is 2.02. The van der Waals surface area contributed by atoms with Crippen molar-refractivity contribution < 1.29 is 0 Å². The van der Waals surface area contributed by atoms with Gasteiger partial charge in [0.15, 0.2) is 0 Å². The van der Waals surface area contributed by atoms with Crippen LogP contribution in [0.1, 0.15) is 23.5 Å². The SMILES string of the molecule is Cc1ccnc(NC(C)c2nccs2)c1N. The summed E-state index contributed by atoms with van der Waals surface area (Å²) < 4.78 is 0. The molecule has 3 N–H and O–H groups in total. The van der Waals surface area contributed by atoms with Crippen molar-refractivity contribution in [2.24, 2.45) is 0 Å². The number of hydrogen-bond donors (Lipinski definition) is 2. The van der Waals surface area contributed by atoms with Gasteiger partial charge in [0.1, 0.15) is 10.8 Å². The first-order chi connectivity index (χ1) is 7.68. The molecule has 0 saturated heterocycles. The standard InChI is InChI=1S/C11H14N4S/c1-7-3-4-13-10(9(7)12)15-8(2)11-14-5-6-16-11/h3-6,8H,12H2,1-2H3,(H,13,15). The van der Waals surface area contributed by atoms with Gasteiger partial charge in [0.05, 0.1) is 11.7 Å². The van der Waals surface area contributed by atoms with Crippen LogP contribution in [0.25, 0.3) is 0 Å². The minimum absolute atomic E-state index is 0.122. The van der Waals surface area contributed by atoms with Gasteiger partial charge in [-0.25, -0.2) is 9.97 Å². The van der Waals surface area contributed by atoms with E-state index in [0.717, 1.165) is 16.4 Å². The molecule has 1 unspecified atom stereocenters. The predicted octanol–water partition coefficient (Wildman–Crippen LogP) is 2.60. The molecule has 2 aromatic rings. The first-order valence-corrected chi connectivity index (χ1v) is 5.93. The van der Waals surface area contributed by atoms with Crippen LogP contribution in [0.3, 0.4) is 0 Å². The van der Waals surface area contributed by atoms with Gasteiger partial charge in [-0.15, -0.1) is 11.3 Å². The minimum atomic E-state index is 0.122. The number of thiazole rings is 1. The van der Waals surface area contributed by atoms with Gasteiger partial charge in [0.2, 0.25) is 0 Å². The summed E-state index contributed by atoms with van der Waals surface area (Å²) in [5.74, 6) is 0.725. The number of pyridine rings is 1. The highest BCUT2D eigenvalue weighted by Crippen LogP contribution is 2.24. The molecule has 0 spiro atoms. The first-order valence-electron chi connectivity index (χ1n) is 5.05. The van der Waals surface area contributed by atoms with E-state index in [4.69, 9.17) is 5.73 Å². The second-order valence-electron chi connectivity index (χ2n) is 3.63. The van der Waals surface area contributed by atoms with E-state index in [2.05, 4.69) is 15.3 Å². The highest BCUT2D eigenvalue weighted by molar-refractivity contribution is 7.09. The number of nitrogens with two attached hydrogens (primary N) is 1. The fourth-order valence-electron chi connectivity index (χ4n) is 1.40. The zero-order valence-corrected chi connectivity index (χ0v) is 10.1. The Morgan fingerprint density at radius 3 is 2.88 bits per heavy atom. The second-order valence-corrected chi connectivity index (χ2v) is 4.55. The Hall–Kier alpha value is -1.62. The van der Waals surface area contributed by atoms with Crippen molar-refractivity contribution >= 4 is 22.8 Å². The fraction of sp³-hybridized carbons (Fsp3) is 0.273. The van der Waals surface area contributed by atoms with Gasteiger partial charge in [-0.05, 0) is 25.5 Å². The average molecular weight is 234 g/mol. The van der Waals surface area contributed by atoms with E-state index < -0.39 is 0 Å². The lowest BCUT2D eigenvalue weighted by atomic mass is 10.2. The van der Waals surface area contributed by atoms with E-state index in [1.165, 1.54) is 0 Å². The Labute approximate surface area is 98.6 Å². The maximum atomic E-state index is 5.94. The van der Waals surface area contributed by atoms with Gasteiger partial charge >= 0.3 is 0 Å². The molecule has 0 aliphatic carbocycles. The molecule has 2 heterocycles. The van der Waals surface area contributed by atoms with Crippen molar-refractivity contribution in [1.82, 2.24) is 9.97 Å². The predicted molar refractivity (Wildman–Crippen MR) is 67.5 cm³/mol. The number of nitrogens with zero attached hydrogens (tertiary/aromatic N) is 2. The number of anilines is 2. The molecule has 0 fully saturated rings. The third kappa shape index (κ3) is 2.14.